The largest absolute Gasteiger partial charge is 0.469 e. The van der Waals surface area contributed by atoms with Crippen LogP contribution in [0.1, 0.15) is 44.1 Å². The fraction of sp³-hybridized carbons (Fsp3) is 0.632. The van der Waals surface area contributed by atoms with E-state index in [4.69, 9.17) is 4.74 Å². The van der Waals surface area contributed by atoms with Gasteiger partial charge in [-0.1, -0.05) is 49.6 Å². The van der Waals surface area contributed by atoms with Crippen LogP contribution < -0.4 is 0 Å². The van der Waals surface area contributed by atoms with Gasteiger partial charge < -0.3 is 4.74 Å². The SMILES string of the molecule is COC(=O)[C@H]1CCN(Cc2ccccc2)CC12CCCCC2. The zero-order chi connectivity index (χ0) is 15.4. The Labute approximate surface area is 133 Å². The first-order valence-electron chi connectivity index (χ1n) is 8.58. The van der Waals surface area contributed by atoms with Gasteiger partial charge in [-0.3, -0.25) is 9.69 Å². The number of hydrogen-bond donors (Lipinski definition) is 0. The second kappa shape index (κ2) is 6.82. The van der Waals surface area contributed by atoms with Crippen LogP contribution in [0.2, 0.25) is 0 Å². The van der Waals surface area contributed by atoms with Crippen molar-refractivity contribution in [3.63, 3.8) is 0 Å². The molecule has 1 spiro atoms. The fourth-order valence-corrected chi connectivity index (χ4v) is 4.50. The maximum atomic E-state index is 12.3. The van der Waals surface area contributed by atoms with Gasteiger partial charge in [0.2, 0.25) is 0 Å². The summed E-state index contributed by atoms with van der Waals surface area (Å²) < 4.78 is 5.11. The summed E-state index contributed by atoms with van der Waals surface area (Å²) in [7, 11) is 1.54. The summed E-state index contributed by atoms with van der Waals surface area (Å²) in [6, 6.07) is 10.7. The Bertz CT molecular complexity index is 493. The van der Waals surface area contributed by atoms with Crippen molar-refractivity contribution in [3.05, 3.63) is 35.9 Å². The quantitative estimate of drug-likeness (QED) is 0.798. The molecule has 120 valence electrons. The topological polar surface area (TPSA) is 29.5 Å². The third kappa shape index (κ3) is 3.19. The normalized spacial score (nSPS) is 25.0. The minimum absolute atomic E-state index is 0.0151. The summed E-state index contributed by atoms with van der Waals surface area (Å²) in [4.78, 5) is 14.8. The van der Waals surface area contributed by atoms with Crippen LogP contribution in [-0.2, 0) is 16.1 Å². The van der Waals surface area contributed by atoms with Gasteiger partial charge >= 0.3 is 5.97 Å². The van der Waals surface area contributed by atoms with Crippen molar-refractivity contribution >= 4 is 5.97 Å². The molecule has 2 aliphatic rings. The fourth-order valence-electron chi connectivity index (χ4n) is 4.50. The number of carbonyl (C=O) groups is 1. The van der Waals surface area contributed by atoms with Gasteiger partial charge in [-0.15, -0.1) is 0 Å². The Balaban J connectivity index is 1.74. The average Bonchev–Trinajstić information content (AvgIpc) is 2.56. The zero-order valence-corrected chi connectivity index (χ0v) is 13.6. The highest BCUT2D eigenvalue weighted by Crippen LogP contribution is 2.47. The van der Waals surface area contributed by atoms with E-state index in [1.807, 2.05) is 0 Å². The average molecular weight is 301 g/mol. The molecule has 1 saturated carbocycles. The summed E-state index contributed by atoms with van der Waals surface area (Å²) >= 11 is 0. The Morgan fingerprint density at radius 2 is 1.95 bits per heavy atom. The van der Waals surface area contributed by atoms with E-state index < -0.39 is 0 Å². The molecule has 3 heteroatoms. The Hall–Kier alpha value is -1.35. The molecular formula is C19H27NO2. The summed E-state index contributed by atoms with van der Waals surface area (Å²) in [6.45, 7) is 3.04. The molecule has 1 heterocycles. The number of carbonyl (C=O) groups excluding carboxylic acids is 1. The lowest BCUT2D eigenvalue weighted by molar-refractivity contribution is -0.156. The first kappa shape index (κ1) is 15.5. The smallest absolute Gasteiger partial charge is 0.309 e. The molecule has 22 heavy (non-hydrogen) atoms. The van der Waals surface area contributed by atoms with Crippen LogP contribution in [0.3, 0.4) is 0 Å². The lowest BCUT2D eigenvalue weighted by atomic mass is 9.62. The van der Waals surface area contributed by atoms with Crippen LogP contribution in [-0.4, -0.2) is 31.1 Å². The molecule has 0 bridgehead atoms. The number of hydrogen-bond acceptors (Lipinski definition) is 3. The van der Waals surface area contributed by atoms with E-state index in [0.29, 0.717) is 0 Å². The molecule has 0 amide bonds. The number of ether oxygens (including phenoxy) is 1. The van der Waals surface area contributed by atoms with Crippen molar-refractivity contribution in [1.29, 1.82) is 0 Å². The third-order valence-corrected chi connectivity index (χ3v) is 5.60. The first-order valence-corrected chi connectivity index (χ1v) is 8.58. The number of nitrogens with zero attached hydrogens (tertiary/aromatic N) is 1. The summed E-state index contributed by atoms with van der Waals surface area (Å²) in [5, 5.41) is 0. The number of piperidine rings is 1. The van der Waals surface area contributed by atoms with Gasteiger partial charge in [-0.25, -0.2) is 0 Å². The van der Waals surface area contributed by atoms with E-state index in [1.165, 1.54) is 44.8 Å². The number of esters is 1. The first-order chi connectivity index (χ1) is 10.7. The van der Waals surface area contributed by atoms with Crippen molar-refractivity contribution in [2.45, 2.75) is 45.1 Å². The molecule has 1 aromatic rings. The second-order valence-electron chi connectivity index (χ2n) is 6.98. The van der Waals surface area contributed by atoms with Crippen LogP contribution in [0.4, 0.5) is 0 Å². The van der Waals surface area contributed by atoms with Gasteiger partial charge in [0, 0.05) is 13.1 Å². The molecule has 3 rings (SSSR count). The van der Waals surface area contributed by atoms with Gasteiger partial charge in [0.05, 0.1) is 13.0 Å². The molecule has 0 N–H and O–H groups in total. The summed E-state index contributed by atoms with van der Waals surface area (Å²) in [5.41, 5.74) is 1.52. The van der Waals surface area contributed by atoms with Crippen LogP contribution in [0.25, 0.3) is 0 Å². The second-order valence-corrected chi connectivity index (χ2v) is 6.98. The van der Waals surface area contributed by atoms with Crippen LogP contribution >= 0.6 is 0 Å². The standard InChI is InChI=1S/C19H27NO2/c1-22-18(21)17-10-13-20(14-16-8-4-2-5-9-16)15-19(17)11-6-3-7-12-19/h2,4-5,8-9,17H,3,6-7,10-15H2,1H3/t17-/m1/s1. The minimum Gasteiger partial charge on any atom is -0.469 e. The predicted molar refractivity (Wildman–Crippen MR) is 87.4 cm³/mol. The van der Waals surface area contributed by atoms with Crippen LogP contribution in [0, 0.1) is 11.3 Å². The molecule has 0 aromatic heterocycles. The molecule has 1 aromatic carbocycles. The van der Waals surface area contributed by atoms with E-state index in [1.54, 1.807) is 0 Å². The van der Waals surface area contributed by atoms with Gasteiger partial charge in [0.15, 0.2) is 0 Å². The Kier molecular flexibility index (Phi) is 4.82. The predicted octanol–water partition coefficient (Wildman–Crippen LogP) is 3.63. The molecule has 1 saturated heterocycles. The van der Waals surface area contributed by atoms with Crippen LogP contribution in [0.15, 0.2) is 30.3 Å². The van der Waals surface area contributed by atoms with Crippen molar-refractivity contribution in [1.82, 2.24) is 4.90 Å². The molecule has 3 nitrogen and oxygen atoms in total. The number of likely N-dealkylation sites (tertiary alicyclic amines) is 1. The Morgan fingerprint density at radius 1 is 1.23 bits per heavy atom. The monoisotopic (exact) mass is 301 g/mol. The minimum atomic E-state index is 0.0151. The van der Waals surface area contributed by atoms with E-state index in [2.05, 4.69) is 35.2 Å². The highest BCUT2D eigenvalue weighted by molar-refractivity contribution is 5.73. The third-order valence-electron chi connectivity index (χ3n) is 5.60. The van der Waals surface area contributed by atoms with Crippen molar-refractivity contribution in [2.75, 3.05) is 20.2 Å². The lowest BCUT2D eigenvalue weighted by Crippen LogP contribution is -2.52. The lowest BCUT2D eigenvalue weighted by Gasteiger charge is -2.49. The van der Waals surface area contributed by atoms with Gasteiger partial charge in [0.1, 0.15) is 0 Å². The van der Waals surface area contributed by atoms with E-state index in [-0.39, 0.29) is 17.3 Å². The molecule has 1 atom stereocenters. The van der Waals surface area contributed by atoms with Crippen molar-refractivity contribution in [2.24, 2.45) is 11.3 Å². The maximum absolute atomic E-state index is 12.3. The zero-order valence-electron chi connectivity index (χ0n) is 13.6. The highest BCUT2D eigenvalue weighted by Gasteiger charge is 2.47. The Morgan fingerprint density at radius 3 is 2.64 bits per heavy atom. The number of rotatable bonds is 3. The van der Waals surface area contributed by atoms with Gasteiger partial charge in [0.25, 0.3) is 0 Å². The van der Waals surface area contributed by atoms with Crippen molar-refractivity contribution < 1.29 is 9.53 Å². The molecular weight excluding hydrogens is 274 g/mol. The summed E-state index contributed by atoms with van der Waals surface area (Å²) in [6.07, 6.45) is 7.13. The van der Waals surface area contributed by atoms with E-state index >= 15 is 0 Å². The van der Waals surface area contributed by atoms with E-state index in [0.717, 1.165) is 26.1 Å². The highest BCUT2D eigenvalue weighted by atomic mass is 16.5. The molecule has 1 aliphatic carbocycles. The van der Waals surface area contributed by atoms with Crippen molar-refractivity contribution in [3.8, 4) is 0 Å². The summed E-state index contributed by atoms with van der Waals surface area (Å²) in [5.74, 6) is 0.117. The van der Waals surface area contributed by atoms with Crippen LogP contribution in [0.5, 0.6) is 0 Å². The molecule has 0 unspecified atom stereocenters. The number of methoxy groups -OCH3 is 1. The number of benzene rings is 1. The van der Waals surface area contributed by atoms with Gasteiger partial charge in [-0.2, -0.15) is 0 Å². The maximum Gasteiger partial charge on any atom is 0.309 e. The van der Waals surface area contributed by atoms with Gasteiger partial charge in [-0.05, 0) is 36.8 Å². The molecule has 2 fully saturated rings. The molecule has 0 radical (unpaired) electrons. The molecule has 1 aliphatic heterocycles. The van der Waals surface area contributed by atoms with E-state index in [9.17, 15) is 4.79 Å².